The molecule has 0 saturated carbocycles. The molecule has 166 valence electrons. The lowest BCUT2D eigenvalue weighted by molar-refractivity contribution is -0.148. The van der Waals surface area contributed by atoms with Crippen molar-refractivity contribution in [3.63, 3.8) is 0 Å². The number of carbonyl (C=O) groups is 2. The average molecular weight is 448 g/mol. The Morgan fingerprint density at radius 3 is 2.29 bits per heavy atom. The molecule has 0 radical (unpaired) electrons. The number of sulfonamides is 1. The second-order valence-electron chi connectivity index (χ2n) is 7.89. The molecule has 1 saturated heterocycles. The van der Waals surface area contributed by atoms with E-state index in [9.17, 15) is 22.4 Å². The molecule has 0 aromatic heterocycles. The Morgan fingerprint density at radius 1 is 1.03 bits per heavy atom. The van der Waals surface area contributed by atoms with Crippen molar-refractivity contribution in [2.24, 2.45) is 5.92 Å². The SMILES string of the molecule is Cc1cc(C)c(C(=O)COC(=O)C2CCN(S(=O)(=O)c3ccccc3F)CC2)cc1C. The molecule has 0 bridgehead atoms. The van der Waals surface area contributed by atoms with Crippen LogP contribution >= 0.6 is 0 Å². The van der Waals surface area contributed by atoms with Crippen LogP contribution in [0.25, 0.3) is 0 Å². The van der Waals surface area contributed by atoms with Crippen molar-refractivity contribution in [3.8, 4) is 0 Å². The Bertz CT molecular complexity index is 1100. The molecular weight excluding hydrogens is 421 g/mol. The van der Waals surface area contributed by atoms with Crippen molar-refractivity contribution in [2.45, 2.75) is 38.5 Å². The summed E-state index contributed by atoms with van der Waals surface area (Å²) < 4.78 is 45.7. The van der Waals surface area contributed by atoms with Crippen LogP contribution < -0.4 is 0 Å². The minimum Gasteiger partial charge on any atom is -0.457 e. The summed E-state index contributed by atoms with van der Waals surface area (Å²) in [5.74, 6) is -2.09. The number of benzene rings is 2. The Kier molecular flexibility index (Phi) is 6.91. The molecule has 0 amide bonds. The van der Waals surface area contributed by atoms with E-state index in [2.05, 4.69) is 0 Å². The molecule has 31 heavy (non-hydrogen) atoms. The first kappa shape index (κ1) is 23.1. The number of carbonyl (C=O) groups excluding carboxylic acids is 2. The first-order valence-corrected chi connectivity index (χ1v) is 11.6. The largest absolute Gasteiger partial charge is 0.457 e. The Labute approximate surface area is 182 Å². The van der Waals surface area contributed by atoms with E-state index in [0.29, 0.717) is 5.56 Å². The van der Waals surface area contributed by atoms with Crippen molar-refractivity contribution in [1.29, 1.82) is 0 Å². The first-order chi connectivity index (χ1) is 14.6. The number of halogens is 1. The third kappa shape index (κ3) is 5.02. The first-order valence-electron chi connectivity index (χ1n) is 10.1. The van der Waals surface area contributed by atoms with Gasteiger partial charge in [-0.1, -0.05) is 18.2 Å². The van der Waals surface area contributed by atoms with Gasteiger partial charge in [0.15, 0.2) is 6.61 Å². The third-order valence-corrected chi connectivity index (χ3v) is 7.66. The minimum absolute atomic E-state index is 0.0840. The van der Waals surface area contributed by atoms with Gasteiger partial charge in [0.1, 0.15) is 10.7 Å². The maximum Gasteiger partial charge on any atom is 0.309 e. The van der Waals surface area contributed by atoms with Crippen LogP contribution in [-0.4, -0.2) is 44.2 Å². The second kappa shape index (κ2) is 9.28. The summed E-state index contributed by atoms with van der Waals surface area (Å²) in [6, 6.07) is 8.95. The van der Waals surface area contributed by atoms with Gasteiger partial charge in [-0.05, 0) is 68.5 Å². The van der Waals surface area contributed by atoms with Crippen LogP contribution in [-0.2, 0) is 19.6 Å². The number of rotatable bonds is 6. The Morgan fingerprint density at radius 2 is 1.65 bits per heavy atom. The molecule has 2 aromatic rings. The van der Waals surface area contributed by atoms with Crippen LogP contribution in [0.4, 0.5) is 4.39 Å². The van der Waals surface area contributed by atoms with Gasteiger partial charge in [-0.3, -0.25) is 9.59 Å². The van der Waals surface area contributed by atoms with E-state index < -0.39 is 27.7 Å². The molecule has 1 aliphatic rings. The predicted molar refractivity (Wildman–Crippen MR) is 114 cm³/mol. The molecule has 1 aliphatic heterocycles. The molecule has 8 heteroatoms. The molecule has 6 nitrogen and oxygen atoms in total. The van der Waals surface area contributed by atoms with Crippen molar-refractivity contribution in [2.75, 3.05) is 19.7 Å². The molecule has 0 atom stereocenters. The topological polar surface area (TPSA) is 80.8 Å². The van der Waals surface area contributed by atoms with Gasteiger partial charge in [0.25, 0.3) is 0 Å². The molecule has 3 rings (SSSR count). The highest BCUT2D eigenvalue weighted by Crippen LogP contribution is 2.26. The molecule has 0 unspecified atom stereocenters. The molecule has 0 N–H and O–H groups in total. The molecule has 0 aliphatic carbocycles. The average Bonchev–Trinajstić information content (AvgIpc) is 2.74. The number of nitrogens with zero attached hydrogens (tertiary/aromatic N) is 1. The van der Waals surface area contributed by atoms with Crippen LogP contribution in [0.1, 0.15) is 39.9 Å². The highest BCUT2D eigenvalue weighted by atomic mass is 32.2. The van der Waals surface area contributed by atoms with Crippen molar-refractivity contribution < 1.29 is 27.1 Å². The summed E-state index contributed by atoms with van der Waals surface area (Å²) in [4.78, 5) is 24.5. The number of esters is 1. The maximum atomic E-state index is 13.9. The fraction of sp³-hybridized carbons (Fsp3) is 0.391. The summed E-state index contributed by atoms with van der Waals surface area (Å²) in [5, 5.41) is 0. The fourth-order valence-electron chi connectivity index (χ4n) is 3.72. The predicted octanol–water partition coefficient (Wildman–Crippen LogP) is 3.58. The minimum atomic E-state index is -3.96. The molecule has 2 aromatic carbocycles. The smallest absolute Gasteiger partial charge is 0.309 e. The summed E-state index contributed by atoms with van der Waals surface area (Å²) >= 11 is 0. The van der Waals surface area contributed by atoms with Gasteiger partial charge >= 0.3 is 5.97 Å². The van der Waals surface area contributed by atoms with Crippen molar-refractivity contribution in [1.82, 2.24) is 4.31 Å². The molecule has 0 spiro atoms. The summed E-state index contributed by atoms with van der Waals surface area (Å²) in [5.41, 5.74) is 3.43. The number of ether oxygens (including phenoxy) is 1. The molecule has 1 heterocycles. The summed E-state index contributed by atoms with van der Waals surface area (Å²) in [6.45, 7) is 5.54. The van der Waals surface area contributed by atoms with Gasteiger partial charge in [-0.2, -0.15) is 4.31 Å². The monoisotopic (exact) mass is 447 g/mol. The second-order valence-corrected chi connectivity index (χ2v) is 9.80. The van der Waals surface area contributed by atoms with E-state index >= 15 is 0 Å². The van der Waals surface area contributed by atoms with Crippen LogP contribution in [0, 0.1) is 32.5 Å². The van der Waals surface area contributed by atoms with Gasteiger partial charge in [0.2, 0.25) is 15.8 Å². The fourth-order valence-corrected chi connectivity index (χ4v) is 5.25. The van der Waals surface area contributed by atoms with E-state index in [4.69, 9.17) is 4.74 Å². The van der Waals surface area contributed by atoms with Crippen LogP contribution in [0.2, 0.25) is 0 Å². The number of ketones is 1. The normalized spacial score (nSPS) is 15.6. The van der Waals surface area contributed by atoms with Crippen LogP contribution in [0.3, 0.4) is 0 Å². The van der Waals surface area contributed by atoms with Gasteiger partial charge < -0.3 is 4.74 Å². The highest BCUT2D eigenvalue weighted by molar-refractivity contribution is 7.89. The Balaban J connectivity index is 1.57. The van der Waals surface area contributed by atoms with Crippen LogP contribution in [0.15, 0.2) is 41.3 Å². The molecule has 1 fully saturated rings. The van der Waals surface area contributed by atoms with Crippen LogP contribution in [0.5, 0.6) is 0 Å². The van der Waals surface area contributed by atoms with E-state index in [1.54, 1.807) is 6.07 Å². The maximum absolute atomic E-state index is 13.9. The number of aryl methyl sites for hydroxylation is 3. The molecular formula is C23H26FNO5S. The van der Waals surface area contributed by atoms with Gasteiger partial charge in [-0.15, -0.1) is 0 Å². The van der Waals surface area contributed by atoms with Crippen molar-refractivity contribution >= 4 is 21.8 Å². The van der Waals surface area contributed by atoms with E-state index in [1.165, 1.54) is 22.5 Å². The summed E-state index contributed by atoms with van der Waals surface area (Å²) in [6.07, 6.45) is 0.507. The quantitative estimate of drug-likeness (QED) is 0.500. The standard InChI is InChI=1S/C23H26FNO5S/c1-15-12-17(3)19(13-16(15)2)21(26)14-30-23(27)18-8-10-25(11-9-18)31(28,29)22-7-5-4-6-20(22)24/h4-7,12-13,18H,8-11,14H2,1-3H3. The van der Waals surface area contributed by atoms with E-state index in [-0.39, 0.29) is 43.2 Å². The number of piperidine rings is 1. The number of Topliss-reactive ketones (excluding diaryl/α,β-unsaturated/α-hetero) is 1. The van der Waals surface area contributed by atoms with Crippen molar-refractivity contribution in [3.05, 3.63) is 64.5 Å². The van der Waals surface area contributed by atoms with E-state index in [0.717, 1.165) is 22.8 Å². The lowest BCUT2D eigenvalue weighted by atomic mass is 9.97. The van der Waals surface area contributed by atoms with Gasteiger partial charge in [0, 0.05) is 18.7 Å². The van der Waals surface area contributed by atoms with Gasteiger partial charge in [-0.25, -0.2) is 12.8 Å². The summed E-state index contributed by atoms with van der Waals surface area (Å²) in [7, 11) is -3.96. The highest BCUT2D eigenvalue weighted by Gasteiger charge is 2.34. The number of hydrogen-bond donors (Lipinski definition) is 0. The zero-order chi connectivity index (χ0) is 22.8. The lowest BCUT2D eigenvalue weighted by Crippen LogP contribution is -2.41. The third-order valence-electron chi connectivity index (χ3n) is 5.73. The zero-order valence-electron chi connectivity index (χ0n) is 17.9. The Hall–Kier alpha value is -2.58. The number of hydrogen-bond acceptors (Lipinski definition) is 5. The van der Waals surface area contributed by atoms with E-state index in [1.807, 2.05) is 26.8 Å². The van der Waals surface area contributed by atoms with Gasteiger partial charge in [0.05, 0.1) is 5.92 Å². The zero-order valence-corrected chi connectivity index (χ0v) is 18.7. The lowest BCUT2D eigenvalue weighted by Gasteiger charge is -2.30.